The van der Waals surface area contributed by atoms with Crippen LogP contribution in [0.3, 0.4) is 0 Å². The Balaban J connectivity index is 1.61. The lowest BCUT2D eigenvalue weighted by Gasteiger charge is -2.41. The molecule has 1 fully saturated rings. The maximum Gasteiger partial charge on any atom is 0.145 e. The van der Waals surface area contributed by atoms with Gasteiger partial charge in [-0.25, -0.2) is 9.67 Å². The number of ether oxygens (including phenoxy) is 1. The van der Waals surface area contributed by atoms with Gasteiger partial charge in [0, 0.05) is 28.9 Å². The van der Waals surface area contributed by atoms with Gasteiger partial charge < -0.3 is 20.1 Å². The highest BCUT2D eigenvalue weighted by Crippen LogP contribution is 2.38. The summed E-state index contributed by atoms with van der Waals surface area (Å²) in [5.74, 6) is 0. The molecule has 0 aliphatic carbocycles. The average molecular weight is 442 g/mol. The number of rotatable bonds is 5. The number of thiazole rings is 1. The second-order valence-corrected chi connectivity index (χ2v) is 8.58. The van der Waals surface area contributed by atoms with Crippen molar-refractivity contribution in [2.75, 3.05) is 6.61 Å². The van der Waals surface area contributed by atoms with Crippen LogP contribution < -0.4 is 0 Å². The molecule has 0 bridgehead atoms. The lowest BCUT2D eigenvalue weighted by molar-refractivity contribution is -0.178. The number of nitrogens with zero attached hydrogens (tertiary/aromatic N) is 5. The molecule has 0 saturated carbocycles. The van der Waals surface area contributed by atoms with Crippen LogP contribution >= 0.6 is 34.7 Å². The molecule has 1 aliphatic heterocycles. The molecule has 1 aliphatic rings. The summed E-state index contributed by atoms with van der Waals surface area (Å²) in [6, 6.07) is 0.830. The number of halogens is 1. The van der Waals surface area contributed by atoms with E-state index in [1.807, 2.05) is 5.38 Å². The van der Waals surface area contributed by atoms with Crippen LogP contribution in [0.2, 0.25) is 5.02 Å². The molecule has 28 heavy (non-hydrogen) atoms. The average Bonchev–Trinajstić information content (AvgIpc) is 3.36. The Morgan fingerprint density at radius 1 is 1.29 bits per heavy atom. The third kappa shape index (κ3) is 3.92. The van der Waals surface area contributed by atoms with Crippen LogP contribution in [0.4, 0.5) is 0 Å². The first kappa shape index (κ1) is 19.7. The molecule has 3 N–H and O–H groups in total. The number of aromatic nitrogens is 5. The highest BCUT2D eigenvalue weighted by atomic mass is 35.5. The Morgan fingerprint density at radius 3 is 2.86 bits per heavy atom. The molecule has 0 unspecified atom stereocenters. The molecule has 0 spiro atoms. The number of aliphatic hydroxyl groups excluding tert-OH is 3. The molecular weight excluding hydrogens is 426 g/mol. The smallest absolute Gasteiger partial charge is 0.145 e. The van der Waals surface area contributed by atoms with E-state index in [-0.39, 0.29) is 0 Å². The lowest BCUT2D eigenvalue weighted by atomic mass is 9.97. The van der Waals surface area contributed by atoms with E-state index in [0.29, 0.717) is 20.6 Å². The summed E-state index contributed by atoms with van der Waals surface area (Å²) in [5.41, 5.74) is -0.247. The fourth-order valence-electron chi connectivity index (χ4n) is 2.94. The van der Waals surface area contributed by atoms with Crippen LogP contribution in [0, 0.1) is 0 Å². The molecule has 3 aromatic rings. The molecule has 5 atom stereocenters. The lowest BCUT2D eigenvalue weighted by Crippen LogP contribution is -2.55. The van der Waals surface area contributed by atoms with Crippen molar-refractivity contribution in [2.24, 2.45) is 0 Å². The molecule has 148 valence electrons. The summed E-state index contributed by atoms with van der Waals surface area (Å²) < 4.78 is 7.09. The topological polar surface area (TPSA) is 126 Å². The van der Waals surface area contributed by atoms with Crippen LogP contribution in [0.5, 0.6) is 0 Å². The van der Waals surface area contributed by atoms with Gasteiger partial charge >= 0.3 is 0 Å². The van der Waals surface area contributed by atoms with Crippen molar-refractivity contribution >= 4 is 34.7 Å². The fourth-order valence-corrected chi connectivity index (χ4v) is 4.85. The zero-order chi connectivity index (χ0) is 19.7. The van der Waals surface area contributed by atoms with Crippen molar-refractivity contribution in [2.45, 2.75) is 34.7 Å². The number of thioether (sulfide) groups is 1. The molecule has 0 amide bonds. The number of pyridine rings is 1. The van der Waals surface area contributed by atoms with E-state index >= 15 is 0 Å². The van der Waals surface area contributed by atoms with Crippen molar-refractivity contribution in [1.29, 1.82) is 0 Å². The third-order valence-electron chi connectivity index (χ3n) is 4.25. The van der Waals surface area contributed by atoms with Gasteiger partial charge in [-0.05, 0) is 6.07 Å². The molecule has 0 radical (unpaired) electrons. The van der Waals surface area contributed by atoms with E-state index in [2.05, 4.69) is 20.3 Å². The van der Waals surface area contributed by atoms with E-state index in [1.165, 1.54) is 34.0 Å². The normalized spacial score (nSPS) is 27.8. The van der Waals surface area contributed by atoms with Gasteiger partial charge in [-0.2, -0.15) is 0 Å². The molecular formula is C16H16ClN5O4S2. The molecule has 1 saturated heterocycles. The molecule has 0 aromatic carbocycles. The highest BCUT2D eigenvalue weighted by Gasteiger charge is 2.46. The summed E-state index contributed by atoms with van der Waals surface area (Å²) in [4.78, 5) is 8.88. The SMILES string of the molecule is OC[C@H]1O[C@H](Sc2cncc(Cl)c2)[C@H](O)[C@@H](n2cc(-c3nccs3)nn2)[C@H]1O. The predicted molar refractivity (Wildman–Crippen MR) is 103 cm³/mol. The fraction of sp³-hybridized carbons (Fsp3) is 0.375. The zero-order valence-corrected chi connectivity index (χ0v) is 16.6. The largest absolute Gasteiger partial charge is 0.394 e. The monoisotopic (exact) mass is 441 g/mol. The first-order valence-corrected chi connectivity index (χ1v) is 10.4. The summed E-state index contributed by atoms with van der Waals surface area (Å²) in [5, 5.41) is 42.2. The minimum absolute atomic E-state index is 0.413. The van der Waals surface area contributed by atoms with Crippen molar-refractivity contribution in [1.82, 2.24) is 25.0 Å². The summed E-state index contributed by atoms with van der Waals surface area (Å²) in [6.45, 7) is -0.413. The van der Waals surface area contributed by atoms with E-state index in [0.717, 1.165) is 0 Å². The van der Waals surface area contributed by atoms with E-state index in [4.69, 9.17) is 16.3 Å². The van der Waals surface area contributed by atoms with E-state index < -0.39 is 36.4 Å². The molecule has 4 heterocycles. The Kier molecular flexibility index (Phi) is 5.92. The molecule has 12 heteroatoms. The standard InChI is InChI=1S/C16H16ClN5O4S2/c17-8-3-9(5-18-4-8)28-16-14(25)12(13(24)11(7-23)26-16)22-6-10(20-21-22)15-19-1-2-27-15/h1-6,11-14,16,23-25H,7H2/t11-,12+,13+,14-,16-/m1/s1. The van der Waals surface area contributed by atoms with E-state index in [1.54, 1.807) is 24.7 Å². The van der Waals surface area contributed by atoms with Crippen LogP contribution in [0.25, 0.3) is 10.7 Å². The molecule has 3 aromatic heterocycles. The summed E-state index contributed by atoms with van der Waals surface area (Å²) in [6.07, 6.45) is 3.15. The van der Waals surface area contributed by atoms with Gasteiger partial charge in [0.05, 0.1) is 17.8 Å². The van der Waals surface area contributed by atoms with Crippen LogP contribution in [-0.2, 0) is 4.74 Å². The highest BCUT2D eigenvalue weighted by molar-refractivity contribution is 7.99. The zero-order valence-electron chi connectivity index (χ0n) is 14.2. The maximum absolute atomic E-state index is 10.9. The third-order valence-corrected chi connectivity index (χ3v) is 6.37. The van der Waals surface area contributed by atoms with Gasteiger partial charge in [0.15, 0.2) is 0 Å². The van der Waals surface area contributed by atoms with Crippen LogP contribution in [-0.4, -0.2) is 70.6 Å². The first-order chi connectivity index (χ1) is 13.6. The van der Waals surface area contributed by atoms with Gasteiger partial charge in [-0.3, -0.25) is 4.98 Å². The van der Waals surface area contributed by atoms with Crippen molar-refractivity contribution in [3.63, 3.8) is 0 Å². The number of hydrogen-bond acceptors (Lipinski definition) is 10. The Bertz CT molecular complexity index is 927. The van der Waals surface area contributed by atoms with Gasteiger partial charge in [-0.1, -0.05) is 28.6 Å². The van der Waals surface area contributed by atoms with Crippen LogP contribution in [0.1, 0.15) is 6.04 Å². The van der Waals surface area contributed by atoms with Gasteiger partial charge in [-0.15, -0.1) is 16.4 Å². The van der Waals surface area contributed by atoms with Gasteiger partial charge in [0.2, 0.25) is 0 Å². The molecule has 9 nitrogen and oxygen atoms in total. The van der Waals surface area contributed by atoms with Crippen molar-refractivity contribution in [3.8, 4) is 10.7 Å². The number of aliphatic hydroxyl groups is 3. The Morgan fingerprint density at radius 2 is 2.14 bits per heavy atom. The quantitative estimate of drug-likeness (QED) is 0.535. The predicted octanol–water partition coefficient (Wildman–Crippen LogP) is 1.22. The van der Waals surface area contributed by atoms with Crippen molar-refractivity contribution in [3.05, 3.63) is 41.3 Å². The Labute approximate surface area is 173 Å². The van der Waals surface area contributed by atoms with E-state index in [9.17, 15) is 15.3 Å². The minimum atomic E-state index is -1.18. The van der Waals surface area contributed by atoms with Crippen molar-refractivity contribution < 1.29 is 20.1 Å². The first-order valence-electron chi connectivity index (χ1n) is 8.28. The van der Waals surface area contributed by atoms with Gasteiger partial charge in [0.25, 0.3) is 0 Å². The summed E-state index contributed by atoms with van der Waals surface area (Å²) in [7, 11) is 0. The maximum atomic E-state index is 10.9. The Hall–Kier alpha value is -1.60. The second-order valence-electron chi connectivity index (χ2n) is 6.08. The van der Waals surface area contributed by atoms with Crippen LogP contribution in [0.15, 0.2) is 41.1 Å². The number of hydrogen-bond donors (Lipinski definition) is 3. The van der Waals surface area contributed by atoms with Gasteiger partial charge in [0.1, 0.15) is 40.5 Å². The minimum Gasteiger partial charge on any atom is -0.394 e. The summed E-state index contributed by atoms with van der Waals surface area (Å²) >= 11 is 8.57. The second kappa shape index (κ2) is 8.41. The molecule has 4 rings (SSSR count).